The first kappa shape index (κ1) is 19.2. The Morgan fingerprint density at radius 2 is 2.00 bits per heavy atom. The van der Waals surface area contributed by atoms with E-state index in [1.165, 1.54) is 0 Å². The van der Waals surface area contributed by atoms with Crippen LogP contribution in [0.25, 0.3) is 0 Å². The number of hydrogen-bond donors (Lipinski definition) is 3. The predicted octanol–water partition coefficient (Wildman–Crippen LogP) is 1.30. The van der Waals surface area contributed by atoms with Gasteiger partial charge in [-0.25, -0.2) is 17.9 Å². The summed E-state index contributed by atoms with van der Waals surface area (Å²) in [5, 5.41) is 5.53. The van der Waals surface area contributed by atoms with Crippen LogP contribution in [0.2, 0.25) is 0 Å². The smallest absolute Gasteiger partial charge is 0.315 e. The fourth-order valence-electron chi connectivity index (χ4n) is 2.07. The van der Waals surface area contributed by atoms with E-state index >= 15 is 0 Å². The van der Waals surface area contributed by atoms with Crippen LogP contribution in [0, 0.1) is 6.92 Å². The van der Waals surface area contributed by atoms with Gasteiger partial charge in [-0.3, -0.25) is 0 Å². The third-order valence-corrected chi connectivity index (χ3v) is 3.93. The van der Waals surface area contributed by atoms with Crippen molar-refractivity contribution in [1.29, 1.82) is 0 Å². The van der Waals surface area contributed by atoms with Gasteiger partial charge in [-0.2, -0.15) is 0 Å². The Labute approximate surface area is 137 Å². The molecule has 0 heterocycles. The Morgan fingerprint density at radius 1 is 1.30 bits per heavy atom. The molecule has 0 spiro atoms. The lowest BCUT2D eigenvalue weighted by molar-refractivity contribution is 0.237. The van der Waals surface area contributed by atoms with Crippen molar-refractivity contribution in [2.75, 3.05) is 26.5 Å². The summed E-state index contributed by atoms with van der Waals surface area (Å²) < 4.78 is 29.5. The molecule has 0 radical (unpaired) electrons. The van der Waals surface area contributed by atoms with Crippen LogP contribution in [0.4, 0.5) is 4.79 Å². The Hall–Kier alpha value is -1.80. The zero-order valence-corrected chi connectivity index (χ0v) is 14.8. The second kappa shape index (κ2) is 8.73. The van der Waals surface area contributed by atoms with E-state index < -0.39 is 10.0 Å². The summed E-state index contributed by atoms with van der Waals surface area (Å²) in [5.41, 5.74) is 1.99. The van der Waals surface area contributed by atoms with Crippen molar-refractivity contribution in [2.24, 2.45) is 0 Å². The summed E-state index contributed by atoms with van der Waals surface area (Å²) in [6.45, 7) is 4.53. The van der Waals surface area contributed by atoms with Crippen molar-refractivity contribution < 1.29 is 17.9 Å². The molecular formula is C15H25N3O4S. The zero-order chi connectivity index (χ0) is 17.5. The van der Waals surface area contributed by atoms with Crippen LogP contribution in [-0.2, 0) is 10.0 Å². The van der Waals surface area contributed by atoms with Crippen molar-refractivity contribution in [3.63, 3.8) is 0 Å². The summed E-state index contributed by atoms with van der Waals surface area (Å²) >= 11 is 0. The number of urea groups is 1. The number of carbonyl (C=O) groups excluding carboxylic acids is 1. The molecule has 1 aromatic rings. The molecule has 0 aliphatic rings. The number of benzene rings is 1. The molecule has 23 heavy (non-hydrogen) atoms. The summed E-state index contributed by atoms with van der Waals surface area (Å²) in [5.74, 6) is 0.723. The average molecular weight is 343 g/mol. The van der Waals surface area contributed by atoms with E-state index in [2.05, 4.69) is 15.4 Å². The average Bonchev–Trinajstić information content (AvgIpc) is 2.45. The van der Waals surface area contributed by atoms with Gasteiger partial charge in [0.05, 0.1) is 19.4 Å². The van der Waals surface area contributed by atoms with Gasteiger partial charge in [0.2, 0.25) is 10.0 Å². The molecule has 1 aromatic carbocycles. The van der Waals surface area contributed by atoms with Gasteiger partial charge in [0.1, 0.15) is 5.75 Å². The lowest BCUT2D eigenvalue weighted by atomic mass is 10.0. The molecule has 0 saturated heterocycles. The van der Waals surface area contributed by atoms with Crippen molar-refractivity contribution in [3.8, 4) is 5.75 Å². The van der Waals surface area contributed by atoms with Crippen LogP contribution in [0.5, 0.6) is 5.75 Å². The zero-order valence-electron chi connectivity index (χ0n) is 14.0. The maximum absolute atomic E-state index is 11.9. The van der Waals surface area contributed by atoms with Crippen molar-refractivity contribution >= 4 is 16.1 Å². The van der Waals surface area contributed by atoms with Gasteiger partial charge in [0, 0.05) is 18.7 Å². The number of nitrogens with one attached hydrogen (secondary N) is 3. The van der Waals surface area contributed by atoms with Gasteiger partial charge >= 0.3 is 6.03 Å². The Morgan fingerprint density at radius 3 is 2.61 bits per heavy atom. The van der Waals surface area contributed by atoms with Crippen molar-refractivity contribution in [2.45, 2.75) is 26.3 Å². The fraction of sp³-hybridized carbons (Fsp3) is 0.533. The highest BCUT2D eigenvalue weighted by molar-refractivity contribution is 7.88. The molecular weight excluding hydrogens is 318 g/mol. The number of aryl methyl sites for hydroxylation is 1. The number of methoxy groups -OCH3 is 1. The van der Waals surface area contributed by atoms with E-state index in [4.69, 9.17) is 4.74 Å². The molecule has 1 atom stereocenters. The van der Waals surface area contributed by atoms with E-state index in [9.17, 15) is 13.2 Å². The van der Waals surface area contributed by atoms with Gasteiger partial charge < -0.3 is 15.4 Å². The third-order valence-electron chi connectivity index (χ3n) is 3.20. The number of rotatable bonds is 8. The molecule has 0 aliphatic carbocycles. The van der Waals surface area contributed by atoms with Crippen LogP contribution in [0.1, 0.15) is 30.5 Å². The maximum atomic E-state index is 11.9. The minimum Gasteiger partial charge on any atom is -0.496 e. The molecule has 130 valence electrons. The molecule has 0 bridgehead atoms. The highest BCUT2D eigenvalue weighted by Gasteiger charge is 2.14. The first-order valence-electron chi connectivity index (χ1n) is 7.36. The number of amides is 2. The highest BCUT2D eigenvalue weighted by atomic mass is 32.2. The summed E-state index contributed by atoms with van der Waals surface area (Å²) in [6.07, 6.45) is 1.62. The molecule has 0 fully saturated rings. The summed E-state index contributed by atoms with van der Waals surface area (Å²) in [4.78, 5) is 11.9. The molecule has 3 N–H and O–H groups in total. The number of sulfonamides is 1. The van der Waals surface area contributed by atoms with Crippen LogP contribution < -0.4 is 20.1 Å². The quantitative estimate of drug-likeness (QED) is 0.620. The first-order valence-corrected chi connectivity index (χ1v) is 9.25. The fourth-order valence-corrected chi connectivity index (χ4v) is 2.58. The minimum atomic E-state index is -3.18. The third kappa shape index (κ3) is 7.34. The van der Waals surface area contributed by atoms with Crippen LogP contribution in [-0.4, -0.2) is 40.9 Å². The Balaban J connectivity index is 2.44. The molecule has 7 nitrogen and oxygen atoms in total. The lowest BCUT2D eigenvalue weighted by Gasteiger charge is -2.18. The van der Waals surface area contributed by atoms with Gasteiger partial charge in [0.15, 0.2) is 0 Å². The van der Waals surface area contributed by atoms with Gasteiger partial charge in [-0.15, -0.1) is 0 Å². The van der Waals surface area contributed by atoms with Crippen molar-refractivity contribution in [1.82, 2.24) is 15.4 Å². The second-order valence-corrected chi connectivity index (χ2v) is 7.22. The highest BCUT2D eigenvalue weighted by Crippen LogP contribution is 2.25. The van der Waals surface area contributed by atoms with E-state index in [1.807, 2.05) is 32.0 Å². The molecule has 0 aliphatic heterocycles. The van der Waals surface area contributed by atoms with Gasteiger partial charge in [-0.05, 0) is 26.3 Å². The predicted molar refractivity (Wildman–Crippen MR) is 90.1 cm³/mol. The Kier molecular flexibility index (Phi) is 7.31. The molecule has 0 saturated carbocycles. The molecule has 0 aromatic heterocycles. The van der Waals surface area contributed by atoms with Crippen LogP contribution in [0.3, 0.4) is 0 Å². The normalized spacial score (nSPS) is 12.5. The number of ether oxygens (including phenoxy) is 1. The molecule has 2 amide bonds. The summed E-state index contributed by atoms with van der Waals surface area (Å²) in [7, 11) is -1.59. The van der Waals surface area contributed by atoms with Crippen LogP contribution in [0.15, 0.2) is 18.2 Å². The van der Waals surface area contributed by atoms with Crippen molar-refractivity contribution in [3.05, 3.63) is 29.3 Å². The van der Waals surface area contributed by atoms with Gasteiger partial charge in [0.25, 0.3) is 0 Å². The summed E-state index contributed by atoms with van der Waals surface area (Å²) in [6, 6.07) is 5.28. The SMILES string of the molecule is COc1ccc(C)cc1[C@@H](C)NC(=O)NCCCNS(C)(=O)=O. The standard InChI is InChI=1S/C15H25N3O4S/c1-11-6-7-14(22-3)13(10-11)12(2)18-15(19)16-8-5-9-17-23(4,20)21/h6-7,10,12,17H,5,8-9H2,1-4H3,(H2,16,18,19)/t12-/m1/s1. The molecule has 1 rings (SSSR count). The minimum absolute atomic E-state index is 0.209. The number of hydrogen-bond acceptors (Lipinski definition) is 4. The topological polar surface area (TPSA) is 96.5 Å². The second-order valence-electron chi connectivity index (χ2n) is 5.39. The van der Waals surface area contributed by atoms with E-state index in [0.29, 0.717) is 19.5 Å². The largest absolute Gasteiger partial charge is 0.496 e. The first-order chi connectivity index (χ1) is 10.7. The van der Waals surface area contributed by atoms with E-state index in [-0.39, 0.29) is 12.1 Å². The number of carbonyl (C=O) groups is 1. The molecule has 0 unspecified atom stereocenters. The van der Waals surface area contributed by atoms with E-state index in [1.54, 1.807) is 7.11 Å². The van der Waals surface area contributed by atoms with Crippen LogP contribution >= 0.6 is 0 Å². The van der Waals surface area contributed by atoms with Gasteiger partial charge in [-0.1, -0.05) is 17.7 Å². The monoisotopic (exact) mass is 343 g/mol. The Bertz CT molecular complexity index is 632. The van der Waals surface area contributed by atoms with E-state index in [0.717, 1.165) is 23.1 Å². The maximum Gasteiger partial charge on any atom is 0.315 e. The molecule has 8 heteroatoms. The lowest BCUT2D eigenvalue weighted by Crippen LogP contribution is -2.38.